The molecule has 5 aliphatic carbocycles. The summed E-state index contributed by atoms with van der Waals surface area (Å²) >= 11 is 0. The number of ether oxygens (including phenoxy) is 1. The summed E-state index contributed by atoms with van der Waals surface area (Å²) in [5.41, 5.74) is 0.519. The molecule has 10 N–H and O–H groups in total. The van der Waals surface area contributed by atoms with E-state index in [1.807, 2.05) is 0 Å². The molecule has 5 saturated carbocycles. The highest BCUT2D eigenvalue weighted by Gasteiger charge is 2.75. The number of hydrogen-bond donors (Lipinski definition) is 8. The van der Waals surface area contributed by atoms with Crippen molar-refractivity contribution in [2.24, 2.45) is 63.0 Å². The first-order valence-electron chi connectivity index (χ1n) is 23.0. The first kappa shape index (κ1) is 43.1. The molecule has 7 rings (SSSR count). The number of aliphatic imine (C=N–C) groups is 1. The van der Waals surface area contributed by atoms with Crippen LogP contribution in [0, 0.1) is 52.3 Å². The van der Waals surface area contributed by atoms with Crippen LogP contribution in [0.25, 0.3) is 0 Å². The molecular formula is C45H78N3O8+. The lowest BCUT2D eigenvalue weighted by molar-refractivity contribution is -0.703. The van der Waals surface area contributed by atoms with Crippen LogP contribution in [0.3, 0.4) is 0 Å². The number of aliphatic hydroxyl groups excluding tert-OH is 3. The second kappa shape index (κ2) is 16.4. The first-order valence-corrected chi connectivity index (χ1v) is 23.0. The number of carbonyl (C=O) groups is 1. The number of rotatable bonds is 12. The Morgan fingerprint density at radius 3 is 2.52 bits per heavy atom. The summed E-state index contributed by atoms with van der Waals surface area (Å²) in [5.74, 6) is -1.07. The molecule has 7 aliphatic rings. The van der Waals surface area contributed by atoms with Gasteiger partial charge in [-0.05, 0) is 120 Å². The number of aliphatic hydroxyl groups is 6. The van der Waals surface area contributed by atoms with E-state index in [-0.39, 0.29) is 36.8 Å². The van der Waals surface area contributed by atoms with Crippen LogP contribution in [0.2, 0.25) is 0 Å². The number of hydrogen-bond acceptors (Lipinski definition) is 10. The van der Waals surface area contributed by atoms with E-state index in [0.29, 0.717) is 69.1 Å². The highest BCUT2D eigenvalue weighted by molar-refractivity contribution is 6.42. The second-order valence-electron chi connectivity index (χ2n) is 20.8. The standard InChI is InChI=1S/C45H77N3O8/c1-5-6-7-8-11-29-26-56-40-30(29)12-9-10-18-45(40,55)42(4,53)35-17-21-44(54)37-31(16-19-41(35,44)3)43(20-15-28-13-14-36(46)47-25-28)23-34(51)33(50)22-32(43)39(52)38(37)48-24-27(2)49/h27-37,40,47,49-51,53-55H,5-26,46H2,1-4H3/p+1. The van der Waals surface area contributed by atoms with Gasteiger partial charge >= 0.3 is 0 Å². The first-order chi connectivity index (χ1) is 26.5. The second-order valence-corrected chi connectivity index (χ2v) is 20.8. The number of fused-ring (bicyclic) bond motifs is 6. The molecule has 11 heteroatoms. The minimum atomic E-state index is -1.58. The third-order valence-corrected chi connectivity index (χ3v) is 17.8. The third-order valence-electron chi connectivity index (χ3n) is 17.8. The van der Waals surface area contributed by atoms with Crippen LogP contribution in [-0.4, -0.2) is 109 Å². The highest BCUT2D eigenvalue weighted by Crippen LogP contribution is 2.71. The van der Waals surface area contributed by atoms with E-state index < -0.39 is 69.8 Å². The van der Waals surface area contributed by atoms with Gasteiger partial charge in [0.15, 0.2) is 5.78 Å². The average molecular weight is 789 g/mol. The van der Waals surface area contributed by atoms with Gasteiger partial charge in [-0.25, -0.2) is 0 Å². The van der Waals surface area contributed by atoms with E-state index >= 15 is 4.79 Å². The summed E-state index contributed by atoms with van der Waals surface area (Å²) < 4.78 is 6.59. The number of carbonyl (C=O) groups excluding carboxylic acids is 1. The molecule has 0 spiro atoms. The number of unbranched alkanes of at least 4 members (excludes halogenated alkanes) is 3. The number of ketones is 1. The molecule has 17 atom stereocenters. The third kappa shape index (κ3) is 7.10. The van der Waals surface area contributed by atoms with E-state index in [0.717, 1.165) is 57.9 Å². The van der Waals surface area contributed by atoms with Crippen molar-refractivity contribution in [3.63, 3.8) is 0 Å². The molecule has 7 fully saturated rings. The largest absolute Gasteiger partial charge is 0.391 e. The lowest BCUT2D eigenvalue weighted by Crippen LogP contribution is -2.95. The number of nitrogens with zero attached hydrogens (tertiary/aromatic N) is 1. The number of Topliss-reactive ketones (excluding diaryl/α,β-unsaturated/α-hetero) is 1. The molecule has 56 heavy (non-hydrogen) atoms. The minimum Gasteiger partial charge on any atom is -0.391 e. The normalized spacial score (nSPS) is 49.0. The zero-order valence-corrected chi connectivity index (χ0v) is 35.1. The van der Waals surface area contributed by atoms with Crippen molar-refractivity contribution in [3.8, 4) is 0 Å². The summed E-state index contributed by atoms with van der Waals surface area (Å²) in [6.07, 6.45) is 12.0. The molecule has 0 aromatic heterocycles. The predicted molar refractivity (Wildman–Crippen MR) is 214 cm³/mol. The topological polar surface area (TPSA) is 203 Å². The lowest BCUT2D eigenvalue weighted by Gasteiger charge is -2.65. The van der Waals surface area contributed by atoms with Gasteiger partial charge in [0.05, 0.1) is 61.0 Å². The summed E-state index contributed by atoms with van der Waals surface area (Å²) in [6.45, 7) is 9.31. The van der Waals surface area contributed by atoms with Gasteiger partial charge in [0.2, 0.25) is 0 Å². The van der Waals surface area contributed by atoms with Crippen LogP contribution in [0.15, 0.2) is 4.99 Å². The average Bonchev–Trinajstić information content (AvgIpc) is 3.64. The van der Waals surface area contributed by atoms with Crippen molar-refractivity contribution >= 4 is 11.5 Å². The fraction of sp³-hybridized carbons (Fsp3) is 0.956. The predicted octanol–water partition coefficient (Wildman–Crippen LogP) is 3.38. The Balaban J connectivity index is 1.24. The monoisotopic (exact) mass is 789 g/mol. The molecule has 320 valence electrons. The van der Waals surface area contributed by atoms with Gasteiger partial charge in [0, 0.05) is 29.6 Å². The van der Waals surface area contributed by atoms with Crippen LogP contribution in [-0.2, 0) is 9.53 Å². The van der Waals surface area contributed by atoms with Crippen LogP contribution >= 0.6 is 0 Å². The SMILES string of the molecule is CCCCCCC1COC2C1CCCCC2(O)C(C)(O)C1CCC2(O)C3C(=NCC(C)O)C(=O)C4CC(O)C(O)CC4(CCC4CCC(N)[NH2+]C4)C3CCC12C. The Morgan fingerprint density at radius 2 is 1.80 bits per heavy atom. The molecule has 2 saturated heterocycles. The fourth-order valence-electron chi connectivity index (χ4n) is 14.6. The Hall–Kier alpha value is -1.02. The Labute approximate surface area is 336 Å². The van der Waals surface area contributed by atoms with Gasteiger partial charge in [0.25, 0.3) is 0 Å². The van der Waals surface area contributed by atoms with E-state index in [4.69, 9.17) is 15.5 Å². The van der Waals surface area contributed by atoms with E-state index in [2.05, 4.69) is 19.2 Å². The molecule has 0 aromatic rings. The van der Waals surface area contributed by atoms with Gasteiger partial charge in [-0.3, -0.25) is 15.5 Å². The number of piperidine rings is 1. The fourth-order valence-corrected chi connectivity index (χ4v) is 14.6. The molecule has 11 nitrogen and oxygen atoms in total. The number of nitrogens with two attached hydrogens (primary N) is 2. The molecule has 0 amide bonds. The van der Waals surface area contributed by atoms with Crippen LogP contribution < -0.4 is 11.1 Å². The summed E-state index contributed by atoms with van der Waals surface area (Å²) in [4.78, 5) is 19.9. The van der Waals surface area contributed by atoms with Gasteiger partial charge in [-0.2, -0.15) is 0 Å². The van der Waals surface area contributed by atoms with Crippen molar-refractivity contribution in [1.82, 2.24) is 0 Å². The van der Waals surface area contributed by atoms with E-state index in [9.17, 15) is 30.6 Å². The van der Waals surface area contributed by atoms with Crippen molar-refractivity contribution in [3.05, 3.63) is 0 Å². The van der Waals surface area contributed by atoms with Crippen LogP contribution in [0.4, 0.5) is 0 Å². The zero-order chi connectivity index (χ0) is 40.3. The Bertz CT molecular complexity index is 1420. The molecule has 2 heterocycles. The van der Waals surface area contributed by atoms with Gasteiger partial charge < -0.3 is 40.7 Å². The quantitative estimate of drug-likeness (QED) is 0.137. The molecule has 0 bridgehead atoms. The molecule has 2 aliphatic heterocycles. The molecular weight excluding hydrogens is 711 g/mol. The van der Waals surface area contributed by atoms with Crippen molar-refractivity contribution in [2.45, 2.75) is 197 Å². The van der Waals surface area contributed by atoms with Crippen molar-refractivity contribution in [1.29, 1.82) is 0 Å². The van der Waals surface area contributed by atoms with Crippen molar-refractivity contribution in [2.75, 3.05) is 19.7 Å². The maximum atomic E-state index is 15.1. The van der Waals surface area contributed by atoms with Crippen LogP contribution in [0.1, 0.15) is 150 Å². The zero-order valence-electron chi connectivity index (χ0n) is 35.1. The smallest absolute Gasteiger partial charge is 0.180 e. The van der Waals surface area contributed by atoms with E-state index in [1.54, 1.807) is 13.8 Å². The Morgan fingerprint density at radius 1 is 1.02 bits per heavy atom. The molecule has 0 aromatic carbocycles. The van der Waals surface area contributed by atoms with Crippen molar-refractivity contribution < 1.29 is 45.5 Å². The van der Waals surface area contributed by atoms with Gasteiger partial charge in [0.1, 0.15) is 11.8 Å². The Kier molecular flexibility index (Phi) is 12.7. The maximum Gasteiger partial charge on any atom is 0.180 e. The van der Waals surface area contributed by atoms with E-state index in [1.165, 1.54) is 19.3 Å². The summed E-state index contributed by atoms with van der Waals surface area (Å²) in [5, 5.41) is 74.8. The number of quaternary nitrogens is 1. The lowest BCUT2D eigenvalue weighted by atomic mass is 9.40. The summed E-state index contributed by atoms with van der Waals surface area (Å²) in [6, 6.07) is 0. The molecule has 17 unspecified atom stereocenters. The minimum absolute atomic E-state index is 0.0288. The highest BCUT2D eigenvalue weighted by atomic mass is 16.5. The van der Waals surface area contributed by atoms with Gasteiger partial charge in [-0.1, -0.05) is 52.4 Å². The maximum absolute atomic E-state index is 15.1. The summed E-state index contributed by atoms with van der Waals surface area (Å²) in [7, 11) is 0. The molecule has 0 radical (unpaired) electrons. The van der Waals surface area contributed by atoms with Crippen LogP contribution in [0.5, 0.6) is 0 Å². The van der Waals surface area contributed by atoms with Gasteiger partial charge in [-0.15, -0.1) is 0 Å².